The third-order valence-electron chi connectivity index (χ3n) is 4.54. The topological polar surface area (TPSA) is 70.7 Å². The zero-order valence-corrected chi connectivity index (χ0v) is 18.1. The summed E-state index contributed by atoms with van der Waals surface area (Å²) in [5.41, 5.74) is 0. The van der Waals surface area contributed by atoms with Gasteiger partial charge in [0.2, 0.25) is 11.8 Å². The SMILES string of the molecule is CCCCC[C@H]1O[C@H]1C/C=C\CCCCCCCC(=O)NSNC(=O)CCl. The monoisotopic (exact) mass is 418 g/mol. The van der Waals surface area contributed by atoms with E-state index in [1.807, 2.05) is 0 Å². The minimum Gasteiger partial charge on any atom is -0.369 e. The summed E-state index contributed by atoms with van der Waals surface area (Å²) >= 11 is 6.22. The fraction of sp³-hybridized carbons (Fsp3) is 0.800. The highest BCUT2D eigenvalue weighted by Gasteiger charge is 2.36. The van der Waals surface area contributed by atoms with E-state index in [0.717, 1.165) is 44.2 Å². The van der Waals surface area contributed by atoms with Gasteiger partial charge in [0.25, 0.3) is 0 Å². The third-order valence-corrected chi connectivity index (χ3v) is 5.44. The van der Waals surface area contributed by atoms with Crippen molar-refractivity contribution >= 4 is 35.5 Å². The second-order valence-electron chi connectivity index (χ2n) is 7.01. The second kappa shape index (κ2) is 16.3. The molecule has 1 saturated heterocycles. The van der Waals surface area contributed by atoms with Crippen molar-refractivity contribution in [1.29, 1.82) is 0 Å². The van der Waals surface area contributed by atoms with E-state index in [0.29, 0.717) is 18.6 Å². The van der Waals surface area contributed by atoms with Gasteiger partial charge in [0.1, 0.15) is 5.88 Å². The van der Waals surface area contributed by atoms with Gasteiger partial charge in [-0.05, 0) is 32.1 Å². The molecule has 2 atom stereocenters. The average Bonchev–Trinajstić information content (AvgIpc) is 3.41. The number of unbranched alkanes of at least 4 members (excludes halogenated alkanes) is 7. The van der Waals surface area contributed by atoms with Crippen LogP contribution >= 0.6 is 23.7 Å². The minimum absolute atomic E-state index is 0.0619. The number of epoxide rings is 1. The van der Waals surface area contributed by atoms with Crippen LogP contribution in [0.2, 0.25) is 0 Å². The molecule has 5 nitrogen and oxygen atoms in total. The number of halogens is 1. The van der Waals surface area contributed by atoms with E-state index < -0.39 is 0 Å². The molecule has 0 unspecified atom stereocenters. The number of amides is 2. The van der Waals surface area contributed by atoms with Crippen LogP contribution in [0.25, 0.3) is 0 Å². The highest BCUT2D eigenvalue weighted by atomic mass is 35.5. The van der Waals surface area contributed by atoms with Gasteiger partial charge in [-0.2, -0.15) is 0 Å². The number of hydrogen-bond donors (Lipinski definition) is 2. The van der Waals surface area contributed by atoms with Gasteiger partial charge >= 0.3 is 0 Å². The van der Waals surface area contributed by atoms with Crippen LogP contribution in [0.5, 0.6) is 0 Å². The van der Waals surface area contributed by atoms with Gasteiger partial charge in [0.15, 0.2) is 0 Å². The van der Waals surface area contributed by atoms with E-state index in [4.69, 9.17) is 16.3 Å². The molecule has 27 heavy (non-hydrogen) atoms. The number of rotatable bonds is 17. The molecule has 1 fully saturated rings. The summed E-state index contributed by atoms with van der Waals surface area (Å²) in [6.07, 6.45) is 18.9. The molecule has 2 N–H and O–H groups in total. The normalized spacial score (nSPS) is 18.6. The van der Waals surface area contributed by atoms with Crippen molar-refractivity contribution in [1.82, 2.24) is 9.44 Å². The van der Waals surface area contributed by atoms with Crippen molar-refractivity contribution < 1.29 is 14.3 Å². The summed E-state index contributed by atoms with van der Waals surface area (Å²) in [6.45, 7) is 2.23. The average molecular weight is 419 g/mol. The number of nitrogens with one attached hydrogen (secondary N) is 2. The Morgan fingerprint density at radius 3 is 2.48 bits per heavy atom. The van der Waals surface area contributed by atoms with Gasteiger partial charge < -0.3 is 4.74 Å². The van der Waals surface area contributed by atoms with E-state index >= 15 is 0 Å². The number of allylic oxidation sites excluding steroid dienone is 1. The number of carbonyl (C=O) groups excluding carboxylic acids is 2. The summed E-state index contributed by atoms with van der Waals surface area (Å²) < 4.78 is 10.7. The summed E-state index contributed by atoms with van der Waals surface area (Å²) in [5.74, 6) is -0.480. The first-order valence-electron chi connectivity index (χ1n) is 10.3. The summed E-state index contributed by atoms with van der Waals surface area (Å²) in [7, 11) is 0. The molecule has 0 aliphatic carbocycles. The molecule has 1 aliphatic heterocycles. The van der Waals surface area contributed by atoms with Crippen LogP contribution in [0.15, 0.2) is 12.2 Å². The Bertz CT molecular complexity index is 449. The maximum atomic E-state index is 11.5. The Labute approximate surface area is 173 Å². The Balaban J connectivity index is 1.81. The number of alkyl halides is 1. The highest BCUT2D eigenvalue weighted by Crippen LogP contribution is 2.30. The Hall–Kier alpha value is -0.720. The minimum atomic E-state index is -0.313. The van der Waals surface area contributed by atoms with Crippen molar-refractivity contribution in [3.8, 4) is 0 Å². The molecule has 2 amide bonds. The fourth-order valence-corrected chi connectivity index (χ4v) is 3.48. The van der Waals surface area contributed by atoms with Gasteiger partial charge in [0.05, 0.1) is 24.3 Å². The molecule has 1 rings (SSSR count). The maximum Gasteiger partial charge on any atom is 0.246 e. The lowest BCUT2D eigenvalue weighted by atomic mass is 10.1. The van der Waals surface area contributed by atoms with Crippen molar-refractivity contribution in [2.75, 3.05) is 5.88 Å². The lowest BCUT2D eigenvalue weighted by Gasteiger charge is -2.04. The molecule has 0 aromatic heterocycles. The Kier molecular flexibility index (Phi) is 14.6. The first-order chi connectivity index (χ1) is 13.2. The van der Waals surface area contributed by atoms with Gasteiger partial charge in [0, 0.05) is 6.42 Å². The third kappa shape index (κ3) is 14.0. The van der Waals surface area contributed by atoms with E-state index in [9.17, 15) is 9.59 Å². The van der Waals surface area contributed by atoms with E-state index in [2.05, 4.69) is 28.5 Å². The van der Waals surface area contributed by atoms with Crippen molar-refractivity contribution in [3.63, 3.8) is 0 Å². The van der Waals surface area contributed by atoms with E-state index in [1.165, 1.54) is 38.5 Å². The van der Waals surface area contributed by atoms with Crippen LogP contribution < -0.4 is 9.44 Å². The predicted molar refractivity (Wildman–Crippen MR) is 113 cm³/mol. The number of carbonyl (C=O) groups is 2. The van der Waals surface area contributed by atoms with Crippen molar-refractivity contribution in [3.05, 3.63) is 12.2 Å². The molecule has 0 spiro atoms. The highest BCUT2D eigenvalue weighted by molar-refractivity contribution is 7.96. The first-order valence-corrected chi connectivity index (χ1v) is 11.6. The molecule has 0 radical (unpaired) electrons. The number of ether oxygens (including phenoxy) is 1. The lowest BCUT2D eigenvalue weighted by molar-refractivity contribution is -0.119. The van der Waals surface area contributed by atoms with Gasteiger partial charge in [-0.15, -0.1) is 11.6 Å². The Morgan fingerprint density at radius 1 is 0.963 bits per heavy atom. The van der Waals surface area contributed by atoms with Crippen molar-refractivity contribution in [2.24, 2.45) is 0 Å². The zero-order valence-electron chi connectivity index (χ0n) is 16.5. The molecule has 0 aromatic rings. The van der Waals surface area contributed by atoms with Crippen LogP contribution in [0.1, 0.15) is 84.0 Å². The van der Waals surface area contributed by atoms with Crippen molar-refractivity contribution in [2.45, 2.75) is 96.2 Å². The van der Waals surface area contributed by atoms with Gasteiger partial charge in [-0.1, -0.05) is 57.6 Å². The molecule has 0 saturated carbocycles. The first kappa shape index (κ1) is 24.3. The summed E-state index contributed by atoms with van der Waals surface area (Å²) in [5, 5.41) is 0. The lowest BCUT2D eigenvalue weighted by Crippen LogP contribution is -2.25. The summed E-state index contributed by atoms with van der Waals surface area (Å²) in [4.78, 5) is 22.4. The molecule has 1 heterocycles. The quantitative estimate of drug-likeness (QED) is 0.114. The summed E-state index contributed by atoms with van der Waals surface area (Å²) in [6, 6.07) is 0. The van der Waals surface area contributed by atoms with Crippen LogP contribution in [0, 0.1) is 0 Å². The molecule has 7 heteroatoms. The molecule has 156 valence electrons. The maximum absolute atomic E-state index is 11.5. The van der Waals surface area contributed by atoms with Gasteiger partial charge in [-0.25, -0.2) is 0 Å². The van der Waals surface area contributed by atoms with Gasteiger partial charge in [-0.3, -0.25) is 19.0 Å². The molecular weight excluding hydrogens is 384 g/mol. The molecule has 0 aromatic carbocycles. The van der Waals surface area contributed by atoms with Crippen LogP contribution in [0.4, 0.5) is 0 Å². The van der Waals surface area contributed by atoms with Crippen LogP contribution in [-0.2, 0) is 14.3 Å². The fourth-order valence-electron chi connectivity index (χ4n) is 2.88. The zero-order chi connectivity index (χ0) is 19.7. The smallest absolute Gasteiger partial charge is 0.246 e. The molecular formula is C20H35ClN2O3S. The van der Waals surface area contributed by atoms with Crippen LogP contribution in [0.3, 0.4) is 0 Å². The molecule has 0 bridgehead atoms. The standard InChI is InChI=1S/C20H35ClN2O3S/c1-2-3-10-13-17-18(26-17)14-11-8-6-4-5-7-9-12-15-19(24)22-27-23-20(25)16-21/h8,11,17-18H,2-7,9-10,12-16H2,1H3,(H,22,24)(H,23,25)/b11-8-/t17-,18+/m1/s1. The second-order valence-corrected chi connectivity index (χ2v) is 7.89. The van der Waals surface area contributed by atoms with E-state index in [1.54, 1.807) is 0 Å². The van der Waals surface area contributed by atoms with E-state index in [-0.39, 0.29) is 17.7 Å². The van der Waals surface area contributed by atoms with Crippen LogP contribution in [-0.4, -0.2) is 29.9 Å². The molecule has 1 aliphatic rings. The predicted octanol–water partition coefficient (Wildman–Crippen LogP) is 5.05. The Morgan fingerprint density at radius 2 is 1.70 bits per heavy atom. The number of hydrogen-bond acceptors (Lipinski definition) is 4. The largest absolute Gasteiger partial charge is 0.369 e.